The Morgan fingerprint density at radius 1 is 0.583 bits per heavy atom. The SMILES string of the molecule is CC1CC(C)(Oc2ccccc2)CC(C)N1.CC1CC(C)(Oc2ccccc2)CC(C)N1CCOc1ccccc1C(F)(F)F.Cl.FC(F)(F)c1ccccc1OCCBr. The average Bonchev–Trinajstić information content (AvgIpc) is 3.15. The van der Waals surface area contributed by atoms with Gasteiger partial charge in [0, 0.05) is 61.7 Å². The lowest BCUT2D eigenvalue weighted by atomic mass is 9.84. The fraction of sp³-hybridized carbons (Fsp3) is 0.478. The van der Waals surface area contributed by atoms with Gasteiger partial charge in [0.05, 0.1) is 17.7 Å². The molecule has 2 saturated heterocycles. The number of alkyl halides is 7. The lowest BCUT2D eigenvalue weighted by Gasteiger charge is -2.47. The first-order valence-corrected chi connectivity index (χ1v) is 21.1. The highest BCUT2D eigenvalue weighted by Crippen LogP contribution is 2.38. The van der Waals surface area contributed by atoms with E-state index in [1.165, 1.54) is 30.3 Å². The minimum absolute atomic E-state index is 0. The number of piperidine rings is 2. The highest BCUT2D eigenvalue weighted by atomic mass is 79.9. The molecule has 332 valence electrons. The van der Waals surface area contributed by atoms with E-state index in [1.54, 1.807) is 6.07 Å². The van der Waals surface area contributed by atoms with Gasteiger partial charge in [-0.1, -0.05) is 76.6 Å². The highest BCUT2D eigenvalue weighted by molar-refractivity contribution is 9.09. The van der Waals surface area contributed by atoms with Crippen LogP contribution in [-0.2, 0) is 12.4 Å². The molecular formula is C46H58BrClF6N2O4. The molecule has 0 saturated carbocycles. The van der Waals surface area contributed by atoms with Crippen LogP contribution >= 0.6 is 28.3 Å². The third-order valence-corrected chi connectivity index (χ3v) is 10.5. The van der Waals surface area contributed by atoms with Crippen molar-refractivity contribution >= 4 is 28.3 Å². The van der Waals surface area contributed by atoms with Crippen LogP contribution in [0.5, 0.6) is 23.0 Å². The third kappa shape index (κ3) is 16.0. The Morgan fingerprint density at radius 3 is 1.35 bits per heavy atom. The number of hydrogen-bond donors (Lipinski definition) is 1. The molecule has 0 aromatic heterocycles. The van der Waals surface area contributed by atoms with Crippen LogP contribution < -0.4 is 24.3 Å². The molecule has 2 aliphatic rings. The van der Waals surface area contributed by atoms with Crippen LogP contribution in [-0.4, -0.2) is 65.4 Å². The Labute approximate surface area is 365 Å². The van der Waals surface area contributed by atoms with Crippen molar-refractivity contribution in [2.45, 2.75) is 115 Å². The molecule has 4 aromatic rings. The van der Waals surface area contributed by atoms with Gasteiger partial charge in [-0.2, -0.15) is 26.3 Å². The zero-order chi connectivity index (χ0) is 43.3. The van der Waals surface area contributed by atoms with Crippen molar-refractivity contribution < 1.29 is 45.3 Å². The number of ether oxygens (including phenoxy) is 4. The number of hydrogen-bond acceptors (Lipinski definition) is 6. The first-order valence-electron chi connectivity index (χ1n) is 19.9. The van der Waals surface area contributed by atoms with Gasteiger partial charge in [0.2, 0.25) is 0 Å². The highest BCUT2D eigenvalue weighted by Gasteiger charge is 2.41. The largest absolute Gasteiger partial charge is 0.492 e. The summed E-state index contributed by atoms with van der Waals surface area (Å²) in [4.78, 5) is 2.28. The lowest BCUT2D eigenvalue weighted by Crippen LogP contribution is -2.55. The number of benzene rings is 4. The van der Waals surface area contributed by atoms with Crippen LogP contribution in [0.2, 0.25) is 0 Å². The molecule has 6 rings (SSSR count). The molecule has 2 fully saturated rings. The van der Waals surface area contributed by atoms with E-state index in [2.05, 4.69) is 67.7 Å². The predicted octanol–water partition coefficient (Wildman–Crippen LogP) is 12.7. The molecule has 4 unspecified atom stereocenters. The van der Waals surface area contributed by atoms with E-state index in [-0.39, 0.29) is 60.4 Å². The first kappa shape index (κ1) is 50.7. The maximum absolute atomic E-state index is 13.1. The van der Waals surface area contributed by atoms with Crippen LogP contribution in [0.15, 0.2) is 109 Å². The van der Waals surface area contributed by atoms with Crippen LogP contribution in [0.1, 0.15) is 78.4 Å². The normalized spacial score (nSPS) is 24.3. The summed E-state index contributed by atoms with van der Waals surface area (Å²) >= 11 is 3.08. The van der Waals surface area contributed by atoms with Crippen molar-refractivity contribution in [3.8, 4) is 23.0 Å². The van der Waals surface area contributed by atoms with Gasteiger partial charge in [-0.25, -0.2) is 0 Å². The van der Waals surface area contributed by atoms with Crippen molar-refractivity contribution in [1.82, 2.24) is 10.2 Å². The molecule has 0 bridgehead atoms. The van der Waals surface area contributed by atoms with E-state index in [0.717, 1.165) is 49.3 Å². The second-order valence-electron chi connectivity index (χ2n) is 15.8. The minimum Gasteiger partial charge on any atom is -0.492 e. The number of likely N-dealkylation sites (tertiary alicyclic amines) is 1. The molecule has 6 nitrogen and oxygen atoms in total. The molecule has 2 heterocycles. The van der Waals surface area contributed by atoms with Crippen LogP contribution in [0.25, 0.3) is 0 Å². The second kappa shape index (κ2) is 23.0. The second-order valence-corrected chi connectivity index (χ2v) is 16.6. The number of halogens is 8. The van der Waals surface area contributed by atoms with Crippen LogP contribution in [0, 0.1) is 0 Å². The van der Waals surface area contributed by atoms with Gasteiger partial charge in [-0.05, 0) is 90.1 Å². The van der Waals surface area contributed by atoms with Gasteiger partial charge >= 0.3 is 12.4 Å². The van der Waals surface area contributed by atoms with Gasteiger partial charge in [-0.3, -0.25) is 4.90 Å². The molecule has 0 spiro atoms. The van der Waals surface area contributed by atoms with E-state index in [1.807, 2.05) is 60.7 Å². The first-order chi connectivity index (χ1) is 27.8. The topological polar surface area (TPSA) is 52.2 Å². The van der Waals surface area contributed by atoms with Crippen molar-refractivity contribution in [3.63, 3.8) is 0 Å². The summed E-state index contributed by atoms with van der Waals surface area (Å²) in [6.45, 7) is 14.0. The summed E-state index contributed by atoms with van der Waals surface area (Å²) in [5, 5.41) is 4.04. The van der Waals surface area contributed by atoms with E-state index in [4.69, 9.17) is 18.9 Å². The number of para-hydroxylation sites is 4. The Kier molecular flexibility index (Phi) is 19.4. The Hall–Kier alpha value is -3.65. The Bertz CT molecular complexity index is 1820. The minimum atomic E-state index is -4.42. The van der Waals surface area contributed by atoms with Gasteiger partial charge in [-0.15, -0.1) is 12.4 Å². The molecule has 0 aliphatic carbocycles. The maximum Gasteiger partial charge on any atom is 0.419 e. The molecule has 60 heavy (non-hydrogen) atoms. The summed E-state index contributed by atoms with van der Waals surface area (Å²) in [6, 6.07) is 31.9. The molecule has 14 heteroatoms. The molecule has 4 atom stereocenters. The standard InChI is InChI=1S/C23H28F3NO2.C14H21NO.C9H8BrF3O.ClH/c1-17-15-22(3,29-19-9-5-4-6-10-19)16-18(2)27(17)13-14-28-21-12-8-7-11-20(21)23(24,25)26;1-11-9-14(3,10-12(2)15-11)16-13-7-5-4-6-8-13;10-5-6-14-8-4-2-1-3-7(8)9(11,12)13;/h4-12,17-18H,13-16H2,1-3H3;4-8,11-12,15H,9-10H2,1-3H3;1-4H,5-6H2;1H. The third-order valence-electron chi connectivity index (χ3n) is 10.2. The van der Waals surface area contributed by atoms with Gasteiger partial charge in [0.15, 0.2) is 0 Å². The summed E-state index contributed by atoms with van der Waals surface area (Å²) in [7, 11) is 0. The van der Waals surface area contributed by atoms with E-state index < -0.39 is 23.5 Å². The fourth-order valence-corrected chi connectivity index (χ4v) is 8.36. The van der Waals surface area contributed by atoms with Crippen molar-refractivity contribution in [3.05, 3.63) is 120 Å². The molecule has 4 aromatic carbocycles. The van der Waals surface area contributed by atoms with Crippen LogP contribution in [0.4, 0.5) is 26.3 Å². The summed E-state index contributed by atoms with van der Waals surface area (Å²) in [5.41, 5.74) is -1.78. The molecule has 2 aliphatic heterocycles. The monoisotopic (exact) mass is 930 g/mol. The fourth-order valence-electron chi connectivity index (χ4n) is 8.20. The Balaban J connectivity index is 0.000000262. The molecule has 0 amide bonds. The maximum atomic E-state index is 13.1. The number of nitrogens with zero attached hydrogens (tertiary/aromatic N) is 1. The van der Waals surface area contributed by atoms with Gasteiger partial charge in [0.1, 0.15) is 40.8 Å². The predicted molar refractivity (Wildman–Crippen MR) is 232 cm³/mol. The zero-order valence-electron chi connectivity index (χ0n) is 35.0. The summed E-state index contributed by atoms with van der Waals surface area (Å²) < 4.78 is 99.4. The van der Waals surface area contributed by atoms with Crippen LogP contribution in [0.3, 0.4) is 0 Å². The average molecular weight is 932 g/mol. The lowest BCUT2D eigenvalue weighted by molar-refractivity contribution is -0.139. The number of nitrogens with one attached hydrogen (secondary N) is 1. The van der Waals surface area contributed by atoms with Crippen molar-refractivity contribution in [1.29, 1.82) is 0 Å². The molecular weight excluding hydrogens is 874 g/mol. The Morgan fingerprint density at radius 2 is 0.950 bits per heavy atom. The quantitative estimate of drug-likeness (QED) is 0.119. The molecule has 1 N–H and O–H groups in total. The zero-order valence-corrected chi connectivity index (χ0v) is 37.4. The van der Waals surface area contributed by atoms with Gasteiger partial charge < -0.3 is 24.3 Å². The summed E-state index contributed by atoms with van der Waals surface area (Å²) in [6.07, 6.45) is -4.98. The summed E-state index contributed by atoms with van der Waals surface area (Å²) in [5.74, 6) is 1.59. The van der Waals surface area contributed by atoms with E-state index in [9.17, 15) is 26.3 Å². The van der Waals surface area contributed by atoms with E-state index >= 15 is 0 Å². The van der Waals surface area contributed by atoms with Crippen molar-refractivity contribution in [2.75, 3.05) is 25.1 Å². The van der Waals surface area contributed by atoms with E-state index in [0.29, 0.717) is 24.0 Å². The van der Waals surface area contributed by atoms with Gasteiger partial charge in [0.25, 0.3) is 0 Å². The smallest absolute Gasteiger partial charge is 0.419 e. The molecule has 0 radical (unpaired) electrons. The van der Waals surface area contributed by atoms with Crippen molar-refractivity contribution in [2.24, 2.45) is 0 Å². The number of rotatable bonds is 11.